The van der Waals surface area contributed by atoms with Crippen molar-refractivity contribution in [2.24, 2.45) is 5.84 Å². The zero-order valence-corrected chi connectivity index (χ0v) is 10.4. The summed E-state index contributed by atoms with van der Waals surface area (Å²) in [6, 6.07) is -0.544. The molecule has 1 saturated heterocycles. The molecule has 108 valence electrons. The number of hydrogen-bond acceptors (Lipinski definition) is 7. The normalized spacial score (nSPS) is 42.6. The third-order valence-corrected chi connectivity index (χ3v) is 3.26. The molecule has 9 nitrogen and oxygen atoms in total. The Morgan fingerprint density at radius 1 is 1.58 bits per heavy atom. The molecule has 0 aromatic carbocycles. The average Bonchev–Trinajstić information content (AvgIpc) is 2.67. The van der Waals surface area contributed by atoms with Crippen LogP contribution in [0.2, 0.25) is 0 Å². The lowest BCUT2D eigenvalue weighted by atomic mass is 10.1. The van der Waals surface area contributed by atoms with E-state index in [4.69, 9.17) is 15.7 Å². The summed E-state index contributed by atoms with van der Waals surface area (Å²) in [6.07, 6.45) is -1.57. The molecule has 9 heteroatoms. The van der Waals surface area contributed by atoms with Gasteiger partial charge in [-0.25, -0.2) is 10.2 Å². The molecule has 1 fully saturated rings. The van der Waals surface area contributed by atoms with Crippen LogP contribution < -0.4 is 16.6 Å². The number of urea groups is 1. The van der Waals surface area contributed by atoms with Crippen LogP contribution in [0.5, 0.6) is 0 Å². The van der Waals surface area contributed by atoms with Gasteiger partial charge in [0, 0.05) is 6.20 Å². The maximum absolute atomic E-state index is 11.9. The van der Waals surface area contributed by atoms with Gasteiger partial charge < -0.3 is 25.4 Å². The number of ether oxygens (including phenoxy) is 1. The highest BCUT2D eigenvalue weighted by atomic mass is 16.6. The van der Waals surface area contributed by atoms with Gasteiger partial charge in [-0.2, -0.15) is 0 Å². The van der Waals surface area contributed by atoms with Crippen molar-refractivity contribution in [2.75, 3.05) is 6.61 Å². The highest BCUT2D eigenvalue weighted by molar-refractivity contribution is 5.78. The molecule has 19 heavy (non-hydrogen) atoms. The van der Waals surface area contributed by atoms with Gasteiger partial charge in [0.25, 0.3) is 0 Å². The molecule has 2 aliphatic heterocycles. The minimum absolute atomic E-state index is 0.448. The molecule has 2 aliphatic rings. The van der Waals surface area contributed by atoms with Crippen LogP contribution in [0.25, 0.3) is 0 Å². The second-order valence-corrected chi connectivity index (χ2v) is 4.73. The first-order valence-corrected chi connectivity index (χ1v) is 5.82. The van der Waals surface area contributed by atoms with Crippen molar-refractivity contribution >= 4 is 6.03 Å². The van der Waals surface area contributed by atoms with Crippen molar-refractivity contribution in [3.63, 3.8) is 0 Å². The first-order chi connectivity index (χ1) is 8.91. The maximum atomic E-state index is 11.9. The second-order valence-electron chi connectivity index (χ2n) is 4.73. The third-order valence-electron chi connectivity index (χ3n) is 3.26. The van der Waals surface area contributed by atoms with Gasteiger partial charge in [0.15, 0.2) is 6.23 Å². The molecule has 0 bridgehead atoms. The highest BCUT2D eigenvalue weighted by Gasteiger charge is 2.47. The maximum Gasteiger partial charge on any atom is 0.325 e. The molecular formula is C10H18N4O5. The zero-order valence-electron chi connectivity index (χ0n) is 10.4. The summed E-state index contributed by atoms with van der Waals surface area (Å²) in [6.45, 7) is 1.20. The van der Waals surface area contributed by atoms with E-state index in [1.807, 2.05) is 0 Å². The lowest BCUT2D eigenvalue weighted by molar-refractivity contribution is -0.0671. The number of aliphatic hydroxyl groups is 3. The van der Waals surface area contributed by atoms with Crippen LogP contribution in [0.15, 0.2) is 12.3 Å². The third kappa shape index (κ3) is 2.43. The van der Waals surface area contributed by atoms with Gasteiger partial charge in [0.05, 0.1) is 6.61 Å². The quantitative estimate of drug-likeness (QED) is 0.240. The van der Waals surface area contributed by atoms with Crippen LogP contribution in [-0.4, -0.2) is 63.1 Å². The number of aliphatic hydroxyl groups excluding tert-OH is 3. The molecule has 5 atom stereocenters. The largest absolute Gasteiger partial charge is 0.394 e. The van der Waals surface area contributed by atoms with E-state index >= 15 is 0 Å². The smallest absolute Gasteiger partial charge is 0.325 e. The number of carbonyl (C=O) groups is 1. The van der Waals surface area contributed by atoms with E-state index in [1.165, 1.54) is 6.20 Å². The van der Waals surface area contributed by atoms with Crippen molar-refractivity contribution < 1.29 is 24.9 Å². The Balaban J connectivity index is 2.16. The molecular weight excluding hydrogens is 256 g/mol. The van der Waals surface area contributed by atoms with Crippen molar-refractivity contribution in [2.45, 2.75) is 37.1 Å². The van der Waals surface area contributed by atoms with Crippen LogP contribution in [0, 0.1) is 0 Å². The molecule has 2 rings (SSSR count). The molecule has 0 saturated carbocycles. The van der Waals surface area contributed by atoms with E-state index in [9.17, 15) is 15.0 Å². The van der Waals surface area contributed by atoms with E-state index in [-0.39, 0.29) is 0 Å². The zero-order chi connectivity index (χ0) is 14.2. The predicted molar refractivity (Wildman–Crippen MR) is 63.0 cm³/mol. The monoisotopic (exact) mass is 274 g/mol. The Labute approximate surface area is 109 Å². The minimum atomic E-state index is -1.30. The topological polar surface area (TPSA) is 140 Å². The number of nitrogens with zero attached hydrogens (tertiary/aromatic N) is 1. The summed E-state index contributed by atoms with van der Waals surface area (Å²) >= 11 is 0. The Bertz CT molecular complexity index is 392. The molecule has 2 heterocycles. The second kappa shape index (κ2) is 5.04. The van der Waals surface area contributed by atoms with Gasteiger partial charge in [-0.3, -0.25) is 10.7 Å². The van der Waals surface area contributed by atoms with Crippen LogP contribution in [0.3, 0.4) is 0 Å². The molecule has 7 N–H and O–H groups in total. The molecule has 1 unspecified atom stereocenters. The Morgan fingerprint density at radius 3 is 2.74 bits per heavy atom. The number of rotatable bonds is 3. The number of nitrogens with two attached hydrogens (primary N) is 1. The van der Waals surface area contributed by atoms with E-state index in [0.717, 1.165) is 4.90 Å². The van der Waals surface area contributed by atoms with Crippen LogP contribution >= 0.6 is 0 Å². The van der Waals surface area contributed by atoms with Crippen molar-refractivity contribution in [3.8, 4) is 0 Å². The van der Waals surface area contributed by atoms with E-state index in [1.54, 1.807) is 13.0 Å². The predicted octanol–water partition coefficient (Wildman–Crippen LogP) is -2.86. The standard InChI is InChI=1S/C10H18N4O5/c1-10(13-11)2-3-14(9(18)12-10)8-7(17)6(16)5(4-15)19-8/h2-3,5-8,13,15-17H,4,11H2,1H3,(H,12,18)/t5-,6-,7-,8-,10?/m1/s1. The number of hydrogen-bond donors (Lipinski definition) is 6. The van der Waals surface area contributed by atoms with Crippen molar-refractivity contribution in [1.82, 2.24) is 15.6 Å². The van der Waals surface area contributed by atoms with Crippen LogP contribution in [0.4, 0.5) is 4.79 Å². The van der Waals surface area contributed by atoms with Gasteiger partial charge >= 0.3 is 6.03 Å². The van der Waals surface area contributed by atoms with Crippen molar-refractivity contribution in [1.29, 1.82) is 0 Å². The lowest BCUT2D eigenvalue weighted by Crippen LogP contribution is -2.64. The Hall–Kier alpha value is -1.23. The van der Waals surface area contributed by atoms with E-state index in [2.05, 4.69) is 10.7 Å². The number of carbonyl (C=O) groups excluding carboxylic acids is 1. The molecule has 0 spiro atoms. The van der Waals surface area contributed by atoms with Gasteiger partial charge in [-0.05, 0) is 13.0 Å². The van der Waals surface area contributed by atoms with Gasteiger partial charge in [-0.1, -0.05) is 0 Å². The molecule has 0 radical (unpaired) electrons. The number of nitrogens with one attached hydrogen (secondary N) is 2. The summed E-state index contributed by atoms with van der Waals surface area (Å²) in [7, 11) is 0. The lowest BCUT2D eigenvalue weighted by Gasteiger charge is -2.37. The summed E-state index contributed by atoms with van der Waals surface area (Å²) in [5.74, 6) is 5.30. The fourth-order valence-corrected chi connectivity index (χ4v) is 2.02. The molecule has 0 aliphatic carbocycles. The summed E-state index contributed by atoms with van der Waals surface area (Å²) < 4.78 is 5.26. The van der Waals surface area contributed by atoms with E-state index < -0.39 is 42.8 Å². The van der Waals surface area contributed by atoms with Gasteiger partial charge in [-0.15, -0.1) is 0 Å². The van der Waals surface area contributed by atoms with Crippen molar-refractivity contribution in [3.05, 3.63) is 12.3 Å². The number of amides is 2. The molecule has 2 amide bonds. The summed E-state index contributed by atoms with van der Waals surface area (Å²) in [5, 5.41) is 31.0. The number of hydrazine groups is 1. The Kier molecular flexibility index (Phi) is 3.76. The SMILES string of the molecule is CC1(NN)C=CN([C@@H]2O[C@H](CO)[C@@H](O)[C@H]2O)C(=O)N1. The summed E-state index contributed by atoms with van der Waals surface area (Å²) in [5.41, 5.74) is 1.53. The average molecular weight is 274 g/mol. The first kappa shape index (κ1) is 14.2. The fourth-order valence-electron chi connectivity index (χ4n) is 2.02. The highest BCUT2D eigenvalue weighted by Crippen LogP contribution is 2.26. The molecule has 0 aromatic rings. The van der Waals surface area contributed by atoms with Crippen LogP contribution in [0.1, 0.15) is 6.92 Å². The van der Waals surface area contributed by atoms with Gasteiger partial charge in [0.1, 0.15) is 24.0 Å². The first-order valence-electron chi connectivity index (χ1n) is 5.82. The van der Waals surface area contributed by atoms with Crippen LogP contribution in [-0.2, 0) is 4.74 Å². The minimum Gasteiger partial charge on any atom is -0.394 e. The molecule has 0 aromatic heterocycles. The van der Waals surface area contributed by atoms with E-state index in [0.29, 0.717) is 0 Å². The summed E-state index contributed by atoms with van der Waals surface area (Å²) in [4.78, 5) is 13.0. The Morgan fingerprint density at radius 2 is 2.26 bits per heavy atom. The van der Waals surface area contributed by atoms with Gasteiger partial charge in [0.2, 0.25) is 0 Å². The fraction of sp³-hybridized carbons (Fsp3) is 0.700.